The van der Waals surface area contributed by atoms with Crippen LogP contribution in [0.25, 0.3) is 33.4 Å². The number of nitrogens with one attached hydrogen (secondary N) is 1. The van der Waals surface area contributed by atoms with E-state index in [1.165, 1.54) is 18.3 Å². The summed E-state index contributed by atoms with van der Waals surface area (Å²) in [6.45, 7) is 16.8. The van der Waals surface area contributed by atoms with Crippen molar-refractivity contribution in [2.24, 2.45) is 35.5 Å². The lowest BCUT2D eigenvalue weighted by Crippen LogP contribution is -2.61. The fourth-order valence-corrected chi connectivity index (χ4v) is 12.6. The first-order valence-electron chi connectivity index (χ1n) is 30.2. The number of ketones is 3. The Morgan fingerprint density at radius 2 is 1.65 bits per heavy atom. The number of oxazole rings is 1. The van der Waals surface area contributed by atoms with E-state index in [2.05, 4.69) is 15.3 Å². The summed E-state index contributed by atoms with van der Waals surface area (Å²) >= 11 is 0. The molecule has 20 heteroatoms. The standard InChI is InChI=1S/C64H88N8O12/c1-35(2)72-60-53(59(65)66-34-67-60)54(70-72)44-22-26-51-48(31-44)69-63(83-51)68-47-32-46-25-19-42(9)64(80,84-46)58(77)61(78)71-27-15-14-18-49(71)62(79)82-52(39(6)30-43-20-23-45(73)24-21-43)33-50(74)38(5)29-41(8)56(76)57(81-10)55(75)40(7)28-36(3)16-12-11-13-17-37(47)4/h11-13,16-17,22,26,29,31,34-36,38-40,42-43,45-47,49,52,56-57,73,76,80H,14-15,18-21,23-25,27-28,30,32-33H2,1-10H3,(H,68,69)(H2,65,66,67)/b13-11+,16-12+,37-17-,41-29+/t36-,38-,39?,40-,42-,43?,45?,46+,47-,49+,52+,56-,57+,64-/m1/s1. The van der Waals surface area contributed by atoms with Crippen LogP contribution in [-0.4, -0.2) is 136 Å². The molecule has 3 aromatic heterocycles. The number of cyclic esters (lactones) is 1. The highest BCUT2D eigenvalue weighted by molar-refractivity contribution is 6.39. The van der Waals surface area contributed by atoms with Crippen LogP contribution < -0.4 is 11.1 Å². The van der Waals surface area contributed by atoms with Crippen LogP contribution >= 0.6 is 0 Å². The van der Waals surface area contributed by atoms with Crippen LogP contribution in [0.3, 0.4) is 0 Å². The van der Waals surface area contributed by atoms with Crippen molar-refractivity contribution >= 4 is 63.2 Å². The first-order valence-corrected chi connectivity index (χ1v) is 30.2. The average molecular weight is 1160 g/mol. The molecule has 3 aliphatic heterocycles. The molecule has 0 radical (unpaired) electrons. The van der Waals surface area contributed by atoms with Crippen molar-refractivity contribution in [2.45, 2.75) is 200 Å². The summed E-state index contributed by atoms with van der Waals surface area (Å²) < 4.78 is 26.5. The van der Waals surface area contributed by atoms with Crippen LogP contribution in [0.15, 0.2) is 76.5 Å². The predicted molar refractivity (Wildman–Crippen MR) is 319 cm³/mol. The molecule has 1 saturated carbocycles. The van der Waals surface area contributed by atoms with Crippen molar-refractivity contribution < 1.29 is 57.9 Å². The molecule has 84 heavy (non-hydrogen) atoms. The maximum atomic E-state index is 14.7. The highest BCUT2D eigenvalue weighted by atomic mass is 16.6. The Morgan fingerprint density at radius 1 is 0.905 bits per heavy atom. The second-order valence-corrected chi connectivity index (χ2v) is 24.8. The fraction of sp³-hybridized carbons (Fsp3) is 0.609. The van der Waals surface area contributed by atoms with Crippen LogP contribution in [0.1, 0.15) is 152 Å². The van der Waals surface area contributed by atoms with Crippen molar-refractivity contribution in [1.82, 2.24) is 29.6 Å². The molecule has 1 amide bonds. The number of fused-ring (bicyclic) bond motifs is 5. The molecule has 0 spiro atoms. The van der Waals surface area contributed by atoms with Gasteiger partial charge in [0.15, 0.2) is 17.0 Å². The van der Waals surface area contributed by atoms with E-state index in [1.807, 2.05) is 84.1 Å². The monoisotopic (exact) mass is 1160 g/mol. The molecule has 3 fully saturated rings. The molecule has 6 N–H and O–H groups in total. The van der Waals surface area contributed by atoms with Crippen molar-refractivity contribution in [3.8, 4) is 11.3 Å². The van der Waals surface area contributed by atoms with Gasteiger partial charge in [-0.1, -0.05) is 76.6 Å². The van der Waals surface area contributed by atoms with Gasteiger partial charge in [0.25, 0.3) is 17.7 Å². The second-order valence-electron chi connectivity index (χ2n) is 24.8. The van der Waals surface area contributed by atoms with Crippen molar-refractivity contribution in [3.05, 3.63) is 72.1 Å². The SMILES string of the molecule is CO[C@H]1C(=O)[C@H](C)C[C@H](C)/C=C/C=C/C=C(/C)[C@H](Nc2nc3cc(-c4nn(C(C)C)c5ncnc(N)c45)ccc3o2)C[C@@H]2CC[C@@H](C)[C@@](O)(O2)C(=O)C(=O)N2CCCC[C@H]2C(=O)O[C@H](C(C)CC2CCC(O)CC2)CC(=O)[C@H](C)/C=C(\C)[C@H]1O. The van der Waals surface area contributed by atoms with Crippen molar-refractivity contribution in [2.75, 3.05) is 24.7 Å². The highest BCUT2D eigenvalue weighted by Gasteiger charge is 2.53. The maximum Gasteiger partial charge on any atom is 0.329 e. The number of hydrogen-bond donors (Lipinski definition) is 5. The lowest BCUT2D eigenvalue weighted by atomic mass is 9.79. The smallest absolute Gasteiger partial charge is 0.329 e. The molecule has 12 atom stereocenters. The summed E-state index contributed by atoms with van der Waals surface area (Å²) in [6.07, 6.45) is 14.0. The summed E-state index contributed by atoms with van der Waals surface area (Å²) in [5, 5.41) is 43.2. The lowest BCUT2D eigenvalue weighted by molar-refractivity contribution is -0.263. The molecule has 6 heterocycles. The number of carbonyl (C=O) groups is 5. The normalized spacial score (nSPS) is 33.2. The van der Waals surface area contributed by atoms with Gasteiger partial charge in [-0.25, -0.2) is 19.4 Å². The maximum absolute atomic E-state index is 14.7. The highest BCUT2D eigenvalue weighted by Crippen LogP contribution is 2.39. The van der Waals surface area contributed by atoms with Gasteiger partial charge >= 0.3 is 5.97 Å². The van der Waals surface area contributed by atoms with Gasteiger partial charge in [-0.05, 0) is 146 Å². The molecule has 1 aromatic carbocycles. The summed E-state index contributed by atoms with van der Waals surface area (Å²) in [7, 11) is 1.38. The van der Waals surface area contributed by atoms with Gasteiger partial charge in [-0.3, -0.25) is 19.2 Å². The minimum atomic E-state index is -2.54. The van der Waals surface area contributed by atoms with E-state index in [4.69, 9.17) is 34.4 Å². The third kappa shape index (κ3) is 14.6. The molecule has 1 unspecified atom stereocenters. The van der Waals surface area contributed by atoms with Crippen LogP contribution in [0.5, 0.6) is 0 Å². The fourth-order valence-electron chi connectivity index (χ4n) is 12.6. The number of methoxy groups -OCH3 is 1. The number of nitrogen functional groups attached to an aromatic ring is 1. The Hall–Kier alpha value is -6.45. The Labute approximate surface area is 492 Å². The molecule has 4 aromatic rings. The number of rotatable bonds is 8. The van der Waals surface area contributed by atoms with Gasteiger partial charge in [0, 0.05) is 49.4 Å². The van der Waals surface area contributed by atoms with Crippen molar-refractivity contribution in [1.29, 1.82) is 0 Å². The van der Waals surface area contributed by atoms with Gasteiger partial charge in [0.05, 0.1) is 23.6 Å². The molecule has 456 valence electrons. The van der Waals surface area contributed by atoms with E-state index in [1.54, 1.807) is 37.6 Å². The molecule has 20 nitrogen and oxygen atoms in total. The largest absolute Gasteiger partial charge is 0.460 e. The number of aliphatic hydroxyl groups is 3. The first kappa shape index (κ1) is 63.6. The quantitative estimate of drug-likeness (QED) is 0.0624. The first-order chi connectivity index (χ1) is 40.0. The third-order valence-corrected chi connectivity index (χ3v) is 17.9. The van der Waals surface area contributed by atoms with Crippen LogP contribution in [0, 0.1) is 35.5 Å². The number of piperidine rings is 1. The van der Waals surface area contributed by atoms with E-state index in [9.17, 15) is 39.3 Å². The number of aromatic nitrogens is 5. The Morgan fingerprint density at radius 3 is 2.38 bits per heavy atom. The van der Waals surface area contributed by atoms with Crippen molar-refractivity contribution in [3.63, 3.8) is 0 Å². The van der Waals surface area contributed by atoms with Crippen LogP contribution in [0.4, 0.5) is 11.8 Å². The number of nitrogens with two attached hydrogens (primary N) is 1. The third-order valence-electron chi connectivity index (χ3n) is 17.9. The number of Topliss-reactive ketones (excluding diaryl/α,β-unsaturated/α-hetero) is 3. The van der Waals surface area contributed by atoms with Gasteiger partial charge in [0.2, 0.25) is 5.79 Å². The topological polar surface area (TPSA) is 285 Å². The van der Waals surface area contributed by atoms with Gasteiger partial charge in [-0.15, -0.1) is 0 Å². The number of ether oxygens (including phenoxy) is 3. The van der Waals surface area contributed by atoms with Gasteiger partial charge in [-0.2, -0.15) is 10.1 Å². The summed E-state index contributed by atoms with van der Waals surface area (Å²) in [5.41, 5.74) is 10.5. The number of aliphatic hydroxyl groups excluding tert-OH is 2. The predicted octanol–water partition coefficient (Wildman–Crippen LogP) is 9.13. The molecule has 2 saturated heterocycles. The lowest BCUT2D eigenvalue weighted by Gasteiger charge is -2.43. The minimum absolute atomic E-state index is 0.00822. The average Bonchev–Trinajstić information content (AvgIpc) is 2.22. The molecular weight excluding hydrogens is 1070 g/mol. The Bertz CT molecular complexity index is 3140. The molecule has 1 aliphatic carbocycles. The zero-order chi connectivity index (χ0) is 60.7. The summed E-state index contributed by atoms with van der Waals surface area (Å²) in [6, 6.07) is 3.98. The van der Waals surface area contributed by atoms with E-state index in [0.29, 0.717) is 90.6 Å². The number of benzene rings is 1. The van der Waals surface area contributed by atoms with E-state index < -0.39 is 77.7 Å². The van der Waals surface area contributed by atoms with Gasteiger partial charge in [0.1, 0.15) is 53.5 Å². The molecule has 8 rings (SSSR count). The number of allylic oxidation sites excluding steroid dienone is 6. The molecule has 2 bridgehead atoms. The zero-order valence-corrected chi connectivity index (χ0v) is 50.5. The van der Waals surface area contributed by atoms with Crippen LogP contribution in [-0.2, 0) is 38.2 Å². The molecule has 4 aliphatic rings. The zero-order valence-electron chi connectivity index (χ0n) is 50.5. The van der Waals surface area contributed by atoms with Crippen LogP contribution in [0.2, 0.25) is 0 Å². The van der Waals surface area contributed by atoms with E-state index in [-0.39, 0.29) is 73.3 Å². The van der Waals surface area contributed by atoms with E-state index in [0.717, 1.165) is 24.0 Å². The minimum Gasteiger partial charge on any atom is -0.460 e. The Balaban J connectivity index is 1.11. The summed E-state index contributed by atoms with van der Waals surface area (Å²) in [4.78, 5) is 86.9. The number of carbonyl (C=O) groups excluding carboxylic acids is 5. The summed E-state index contributed by atoms with van der Waals surface area (Å²) in [5.74, 6) is -7.93. The molecular formula is C64H88N8O12. The number of anilines is 2. The Kier molecular flexibility index (Phi) is 21.0. The number of nitrogens with zero attached hydrogens (tertiary/aromatic N) is 6. The number of amides is 1. The van der Waals surface area contributed by atoms with Gasteiger partial charge < -0.3 is 49.9 Å². The number of hydrogen-bond acceptors (Lipinski definition) is 18. The number of esters is 1. The van der Waals surface area contributed by atoms with E-state index >= 15 is 0 Å². The second kappa shape index (κ2) is 27.7.